The number of likely N-dealkylation sites (tertiary alicyclic amines) is 1. The fourth-order valence-corrected chi connectivity index (χ4v) is 3.36. The minimum absolute atomic E-state index is 0. The van der Waals surface area contributed by atoms with Gasteiger partial charge in [0.15, 0.2) is 0 Å². The third kappa shape index (κ3) is 3.09. The highest BCUT2D eigenvalue weighted by atomic mass is 35.5. The van der Waals surface area contributed by atoms with Crippen molar-refractivity contribution in [2.45, 2.75) is 26.3 Å². The van der Waals surface area contributed by atoms with Crippen LogP contribution < -0.4 is 5.73 Å². The molecule has 6 heteroatoms. The Morgan fingerprint density at radius 2 is 2.13 bits per heavy atom. The molecule has 0 aliphatic carbocycles. The summed E-state index contributed by atoms with van der Waals surface area (Å²) in [5.41, 5.74) is 9.97. The highest BCUT2D eigenvalue weighted by Gasteiger charge is 2.33. The smallest absolute Gasteiger partial charge is 0.256 e. The van der Waals surface area contributed by atoms with E-state index in [0.717, 1.165) is 16.6 Å². The number of aryl methyl sites for hydroxylation is 2. The van der Waals surface area contributed by atoms with Crippen molar-refractivity contribution < 1.29 is 9.90 Å². The number of aliphatic hydroxyl groups excluding tert-OH is 1. The summed E-state index contributed by atoms with van der Waals surface area (Å²) in [7, 11) is 0. The number of benzene rings is 1. The van der Waals surface area contributed by atoms with Crippen LogP contribution in [-0.2, 0) is 0 Å². The molecule has 2 aromatic rings. The summed E-state index contributed by atoms with van der Waals surface area (Å²) >= 11 is 0. The normalized spacial score (nSPS) is 20.8. The minimum Gasteiger partial charge on any atom is -0.396 e. The van der Waals surface area contributed by atoms with Crippen LogP contribution in [0.5, 0.6) is 0 Å². The lowest BCUT2D eigenvalue weighted by Gasteiger charge is -2.16. The van der Waals surface area contributed by atoms with Crippen molar-refractivity contribution >= 4 is 29.2 Å². The highest BCUT2D eigenvalue weighted by molar-refractivity contribution is 6.06. The second kappa shape index (κ2) is 6.91. The predicted octanol–water partition coefficient (Wildman–Crippen LogP) is 1.99. The van der Waals surface area contributed by atoms with Crippen LogP contribution >= 0.6 is 12.4 Å². The van der Waals surface area contributed by atoms with Gasteiger partial charge in [-0.3, -0.25) is 4.79 Å². The number of carbonyl (C=O) groups excluding carboxylic acids is 1. The molecule has 0 saturated carbocycles. The average Bonchev–Trinajstić information content (AvgIpc) is 3.00. The largest absolute Gasteiger partial charge is 0.396 e. The van der Waals surface area contributed by atoms with Crippen molar-refractivity contribution in [2.24, 2.45) is 11.7 Å². The number of hydrogen-bond donors (Lipinski definition) is 3. The van der Waals surface area contributed by atoms with Crippen LogP contribution in [0.3, 0.4) is 0 Å². The first kappa shape index (κ1) is 17.8. The maximum Gasteiger partial charge on any atom is 0.256 e. The minimum atomic E-state index is -0.0533. The molecule has 1 aliphatic rings. The van der Waals surface area contributed by atoms with Crippen molar-refractivity contribution in [3.63, 3.8) is 0 Å². The molecule has 23 heavy (non-hydrogen) atoms. The molecule has 1 fully saturated rings. The first-order chi connectivity index (χ1) is 10.5. The molecule has 2 atom stereocenters. The number of nitrogens with two attached hydrogens (primary N) is 1. The molecular weight excluding hydrogens is 314 g/mol. The van der Waals surface area contributed by atoms with Gasteiger partial charge in [0.25, 0.3) is 5.91 Å². The Bertz CT molecular complexity index is 713. The zero-order chi connectivity index (χ0) is 15.9. The molecule has 5 nitrogen and oxygen atoms in total. The molecule has 0 bridgehead atoms. The zero-order valence-electron chi connectivity index (χ0n) is 13.5. The number of aromatic amines is 1. The quantitative estimate of drug-likeness (QED) is 0.801. The molecule has 4 N–H and O–H groups in total. The molecular formula is C17H24ClN3O2. The van der Waals surface area contributed by atoms with Gasteiger partial charge in [-0.2, -0.15) is 0 Å². The van der Waals surface area contributed by atoms with E-state index < -0.39 is 0 Å². The van der Waals surface area contributed by atoms with Gasteiger partial charge in [0.05, 0.1) is 11.1 Å². The van der Waals surface area contributed by atoms with E-state index in [0.29, 0.717) is 25.1 Å². The monoisotopic (exact) mass is 337 g/mol. The lowest BCUT2D eigenvalue weighted by Crippen LogP contribution is -2.32. The maximum atomic E-state index is 12.9. The second-order valence-corrected chi connectivity index (χ2v) is 6.25. The van der Waals surface area contributed by atoms with Crippen LogP contribution in [0.2, 0.25) is 0 Å². The SMILES string of the molecule is Cc1[nH]c2c(C(=O)N3C[C@H](CCO)[C@@H](N)C3)cccc2c1C.Cl. The van der Waals surface area contributed by atoms with E-state index in [4.69, 9.17) is 10.8 Å². The summed E-state index contributed by atoms with van der Waals surface area (Å²) in [5, 5.41) is 10.2. The topological polar surface area (TPSA) is 82.3 Å². The number of carbonyl (C=O) groups is 1. The van der Waals surface area contributed by atoms with Crippen LogP contribution in [0.4, 0.5) is 0 Å². The molecule has 1 aliphatic heterocycles. The first-order valence-electron chi connectivity index (χ1n) is 7.76. The first-order valence-corrected chi connectivity index (χ1v) is 7.76. The summed E-state index contributed by atoms with van der Waals surface area (Å²) in [6, 6.07) is 5.78. The van der Waals surface area contributed by atoms with E-state index in [-0.39, 0.29) is 36.9 Å². The van der Waals surface area contributed by atoms with Gasteiger partial charge in [0.2, 0.25) is 0 Å². The third-order valence-electron chi connectivity index (χ3n) is 4.85. The average molecular weight is 338 g/mol. The number of rotatable bonds is 3. The summed E-state index contributed by atoms with van der Waals surface area (Å²) in [6.45, 7) is 5.37. The van der Waals surface area contributed by atoms with Gasteiger partial charge in [0, 0.05) is 36.8 Å². The van der Waals surface area contributed by atoms with Crippen LogP contribution in [0.1, 0.15) is 28.0 Å². The zero-order valence-corrected chi connectivity index (χ0v) is 14.3. The molecule has 0 spiro atoms. The van der Waals surface area contributed by atoms with Crippen LogP contribution in [-0.4, -0.2) is 46.6 Å². The fraction of sp³-hybridized carbons (Fsp3) is 0.471. The highest BCUT2D eigenvalue weighted by Crippen LogP contribution is 2.27. The summed E-state index contributed by atoms with van der Waals surface area (Å²) in [4.78, 5) is 18.0. The third-order valence-corrected chi connectivity index (χ3v) is 4.85. The second-order valence-electron chi connectivity index (χ2n) is 6.25. The Hall–Kier alpha value is -1.56. The van der Waals surface area contributed by atoms with Gasteiger partial charge in [-0.05, 0) is 37.8 Å². The van der Waals surface area contributed by atoms with Crippen molar-refractivity contribution in [2.75, 3.05) is 19.7 Å². The van der Waals surface area contributed by atoms with E-state index in [2.05, 4.69) is 11.9 Å². The molecule has 1 aromatic heterocycles. The van der Waals surface area contributed by atoms with E-state index in [1.165, 1.54) is 5.56 Å². The van der Waals surface area contributed by atoms with Crippen LogP contribution in [0.15, 0.2) is 18.2 Å². The summed E-state index contributed by atoms with van der Waals surface area (Å²) in [5.74, 6) is 0.197. The lowest BCUT2D eigenvalue weighted by molar-refractivity contribution is 0.0785. The predicted molar refractivity (Wildman–Crippen MR) is 94.1 cm³/mol. The van der Waals surface area contributed by atoms with Gasteiger partial charge in [0.1, 0.15) is 0 Å². The number of para-hydroxylation sites is 1. The molecule has 3 rings (SSSR count). The molecule has 1 saturated heterocycles. The molecule has 2 heterocycles. The van der Waals surface area contributed by atoms with Crippen LogP contribution in [0.25, 0.3) is 10.9 Å². The van der Waals surface area contributed by atoms with E-state index in [1.807, 2.05) is 30.0 Å². The number of H-pyrrole nitrogens is 1. The molecule has 126 valence electrons. The number of halogens is 1. The summed E-state index contributed by atoms with van der Waals surface area (Å²) < 4.78 is 0. The van der Waals surface area contributed by atoms with Gasteiger partial charge < -0.3 is 20.7 Å². The Balaban J connectivity index is 0.00000192. The van der Waals surface area contributed by atoms with Crippen molar-refractivity contribution in [1.29, 1.82) is 0 Å². The maximum absolute atomic E-state index is 12.9. The molecule has 1 amide bonds. The Kier molecular flexibility index (Phi) is 5.34. The molecule has 0 unspecified atom stereocenters. The van der Waals surface area contributed by atoms with Crippen LogP contribution in [0, 0.1) is 19.8 Å². The Morgan fingerprint density at radius 1 is 1.39 bits per heavy atom. The standard InChI is InChI=1S/C17H23N3O2.ClH/c1-10-11(2)19-16-13(10)4-3-5-14(16)17(22)20-8-12(6-7-21)15(18)9-20;/h3-5,12,15,19,21H,6-9,18H2,1-2H3;1H/t12-,15-;/m0./s1. The lowest BCUT2D eigenvalue weighted by atomic mass is 10.0. The number of aromatic nitrogens is 1. The Morgan fingerprint density at radius 3 is 2.83 bits per heavy atom. The summed E-state index contributed by atoms with van der Waals surface area (Å²) in [6.07, 6.45) is 0.649. The van der Waals surface area contributed by atoms with E-state index in [9.17, 15) is 4.79 Å². The fourth-order valence-electron chi connectivity index (χ4n) is 3.36. The van der Waals surface area contributed by atoms with Gasteiger partial charge >= 0.3 is 0 Å². The van der Waals surface area contributed by atoms with Gasteiger partial charge in [-0.15, -0.1) is 12.4 Å². The number of hydrogen-bond acceptors (Lipinski definition) is 3. The van der Waals surface area contributed by atoms with Gasteiger partial charge in [-0.25, -0.2) is 0 Å². The number of amides is 1. The number of fused-ring (bicyclic) bond motifs is 1. The van der Waals surface area contributed by atoms with Crippen molar-refractivity contribution in [1.82, 2.24) is 9.88 Å². The Labute approximate surface area is 142 Å². The van der Waals surface area contributed by atoms with Crippen molar-refractivity contribution in [3.8, 4) is 0 Å². The van der Waals surface area contributed by atoms with Crippen molar-refractivity contribution in [3.05, 3.63) is 35.0 Å². The molecule has 1 aromatic carbocycles. The molecule has 0 radical (unpaired) electrons. The number of aliphatic hydroxyl groups is 1. The number of nitrogens with zero attached hydrogens (tertiary/aromatic N) is 1. The van der Waals surface area contributed by atoms with E-state index >= 15 is 0 Å². The van der Waals surface area contributed by atoms with Gasteiger partial charge in [-0.1, -0.05) is 12.1 Å². The number of nitrogens with one attached hydrogen (secondary N) is 1. The van der Waals surface area contributed by atoms with E-state index in [1.54, 1.807) is 0 Å².